The lowest BCUT2D eigenvalue weighted by molar-refractivity contribution is -0.139. The molecule has 0 amide bonds. The van der Waals surface area contributed by atoms with E-state index in [4.69, 9.17) is 9.47 Å². The maximum Gasteiger partial charge on any atom is 0.334 e. The smallest absolute Gasteiger partial charge is 0.334 e. The average Bonchev–Trinajstić information content (AvgIpc) is 3.56. The molecule has 5 atom stereocenters. The lowest BCUT2D eigenvalue weighted by atomic mass is 10.0. The van der Waals surface area contributed by atoms with Gasteiger partial charge >= 0.3 is 5.97 Å². The van der Waals surface area contributed by atoms with E-state index in [0.717, 1.165) is 56.9 Å². The van der Waals surface area contributed by atoms with E-state index in [9.17, 15) is 15.0 Å². The van der Waals surface area contributed by atoms with Crippen molar-refractivity contribution in [1.82, 2.24) is 0 Å². The Hall–Kier alpha value is -1.17. The van der Waals surface area contributed by atoms with Crippen molar-refractivity contribution in [2.75, 3.05) is 0 Å². The Balaban J connectivity index is 1.38. The van der Waals surface area contributed by atoms with Gasteiger partial charge in [0.15, 0.2) is 0 Å². The number of esters is 1. The second-order valence-corrected chi connectivity index (χ2v) is 12.4. The maximum atomic E-state index is 11.6. The Kier molecular flexibility index (Phi) is 19.6. The lowest BCUT2D eigenvalue weighted by Crippen LogP contribution is -2.30. The van der Waals surface area contributed by atoms with Crippen molar-refractivity contribution in [2.24, 2.45) is 0 Å². The molecule has 0 aromatic carbocycles. The van der Waals surface area contributed by atoms with Crippen molar-refractivity contribution in [1.29, 1.82) is 0 Å². The molecule has 0 aliphatic carbocycles. The molecular formula is C35H62O5. The van der Waals surface area contributed by atoms with Gasteiger partial charge in [0.1, 0.15) is 6.10 Å². The van der Waals surface area contributed by atoms with Crippen molar-refractivity contribution in [3.8, 4) is 0 Å². The molecule has 2 rings (SSSR count). The first-order valence-electron chi connectivity index (χ1n) is 17.1. The second kappa shape index (κ2) is 22.4. The summed E-state index contributed by atoms with van der Waals surface area (Å²) in [6.45, 7) is 4.17. The number of ether oxygens (including phenoxy) is 2. The van der Waals surface area contributed by atoms with Gasteiger partial charge in [0.2, 0.25) is 0 Å². The largest absolute Gasteiger partial charge is 0.455 e. The van der Waals surface area contributed by atoms with Crippen LogP contribution in [0.4, 0.5) is 0 Å². The van der Waals surface area contributed by atoms with Crippen LogP contribution in [0.3, 0.4) is 0 Å². The topological polar surface area (TPSA) is 76.0 Å². The number of hydrogen-bond acceptors (Lipinski definition) is 5. The molecule has 5 nitrogen and oxygen atoms in total. The van der Waals surface area contributed by atoms with E-state index >= 15 is 0 Å². The first kappa shape index (κ1) is 35.0. The van der Waals surface area contributed by atoms with Crippen LogP contribution in [0.2, 0.25) is 0 Å². The van der Waals surface area contributed by atoms with E-state index in [2.05, 4.69) is 13.0 Å². The van der Waals surface area contributed by atoms with Crippen LogP contribution in [0.15, 0.2) is 23.8 Å². The van der Waals surface area contributed by atoms with E-state index in [-0.39, 0.29) is 24.3 Å². The lowest BCUT2D eigenvalue weighted by Gasteiger charge is -2.20. The van der Waals surface area contributed by atoms with Gasteiger partial charge in [0.05, 0.1) is 24.4 Å². The van der Waals surface area contributed by atoms with Gasteiger partial charge in [-0.15, -0.1) is 0 Å². The third-order valence-electron chi connectivity index (χ3n) is 8.64. The molecule has 0 unspecified atom stereocenters. The molecule has 5 heteroatoms. The molecule has 232 valence electrons. The highest BCUT2D eigenvalue weighted by atomic mass is 16.5. The third-order valence-corrected chi connectivity index (χ3v) is 8.64. The number of carbonyl (C=O) groups excluding carboxylic acids is 1. The van der Waals surface area contributed by atoms with Crippen molar-refractivity contribution >= 4 is 5.97 Å². The van der Waals surface area contributed by atoms with Gasteiger partial charge in [0.25, 0.3) is 0 Å². The molecule has 0 spiro atoms. The summed E-state index contributed by atoms with van der Waals surface area (Å²) < 4.78 is 11.2. The summed E-state index contributed by atoms with van der Waals surface area (Å²) in [4.78, 5) is 11.6. The predicted molar refractivity (Wildman–Crippen MR) is 165 cm³/mol. The number of cyclic esters (lactones) is 1. The van der Waals surface area contributed by atoms with Gasteiger partial charge in [-0.1, -0.05) is 122 Å². The second-order valence-electron chi connectivity index (χ2n) is 12.4. The Bertz CT molecular complexity index is 702. The summed E-state index contributed by atoms with van der Waals surface area (Å²) in [5, 5.41) is 21.1. The number of rotatable bonds is 25. The zero-order valence-corrected chi connectivity index (χ0v) is 26.0. The van der Waals surface area contributed by atoms with Gasteiger partial charge < -0.3 is 19.7 Å². The molecule has 2 aliphatic heterocycles. The zero-order chi connectivity index (χ0) is 28.8. The average molecular weight is 563 g/mol. The molecule has 0 bridgehead atoms. The Morgan fingerprint density at radius 1 is 0.800 bits per heavy atom. The van der Waals surface area contributed by atoms with Gasteiger partial charge in [-0.05, 0) is 57.9 Å². The minimum absolute atomic E-state index is 0.0491. The van der Waals surface area contributed by atoms with Crippen LogP contribution in [0.1, 0.15) is 162 Å². The predicted octanol–water partition coefficient (Wildman–Crippen LogP) is 8.90. The monoisotopic (exact) mass is 562 g/mol. The normalized spacial score (nSPS) is 22.6. The molecule has 0 aromatic heterocycles. The van der Waals surface area contributed by atoms with Crippen molar-refractivity contribution in [3.63, 3.8) is 0 Å². The fraction of sp³-hybridized carbons (Fsp3) is 0.857. The fourth-order valence-corrected chi connectivity index (χ4v) is 6.06. The molecule has 2 heterocycles. The highest BCUT2D eigenvalue weighted by Gasteiger charge is 2.33. The van der Waals surface area contributed by atoms with Gasteiger partial charge in [0, 0.05) is 5.57 Å². The van der Waals surface area contributed by atoms with Crippen LogP contribution in [-0.4, -0.2) is 46.7 Å². The molecule has 0 radical (unpaired) electrons. The van der Waals surface area contributed by atoms with Crippen molar-refractivity contribution in [3.05, 3.63) is 23.8 Å². The zero-order valence-electron chi connectivity index (χ0n) is 26.0. The van der Waals surface area contributed by atoms with Crippen LogP contribution in [-0.2, 0) is 14.3 Å². The molecule has 2 aliphatic rings. The highest BCUT2D eigenvalue weighted by molar-refractivity contribution is 5.90. The molecule has 1 fully saturated rings. The van der Waals surface area contributed by atoms with E-state index in [1.165, 1.54) is 96.3 Å². The summed E-state index contributed by atoms with van der Waals surface area (Å²) in [7, 11) is 0. The molecule has 0 aromatic rings. The van der Waals surface area contributed by atoms with Crippen LogP contribution >= 0.6 is 0 Å². The first-order valence-corrected chi connectivity index (χ1v) is 17.1. The molecular weight excluding hydrogens is 500 g/mol. The fourth-order valence-electron chi connectivity index (χ4n) is 6.06. The minimum atomic E-state index is -0.570. The molecule has 1 saturated heterocycles. The van der Waals surface area contributed by atoms with E-state index in [1.807, 2.05) is 19.1 Å². The molecule has 0 saturated carbocycles. The van der Waals surface area contributed by atoms with Crippen LogP contribution in [0.5, 0.6) is 0 Å². The minimum Gasteiger partial charge on any atom is -0.455 e. The third kappa shape index (κ3) is 15.7. The number of aliphatic hydroxyl groups excluding tert-OH is 2. The Morgan fingerprint density at radius 3 is 1.95 bits per heavy atom. The highest BCUT2D eigenvalue weighted by Crippen LogP contribution is 2.27. The summed E-state index contributed by atoms with van der Waals surface area (Å²) in [6.07, 6.45) is 31.7. The van der Waals surface area contributed by atoms with Crippen molar-refractivity contribution < 1.29 is 24.5 Å². The van der Waals surface area contributed by atoms with Crippen molar-refractivity contribution in [2.45, 2.75) is 192 Å². The summed E-state index contributed by atoms with van der Waals surface area (Å²) in [5.74, 6) is -0.123. The van der Waals surface area contributed by atoms with E-state index < -0.39 is 12.2 Å². The standard InChI is InChI=1S/C35H62O5/c1-3-4-5-6-7-8-12-15-18-21-24-31(36)33-26-27-34(40-33)32(37)25-22-19-16-13-10-9-11-14-17-20-23-30-28-29(2)39-35(30)38/h22,25,28-29,31-34,36-37H,3-21,23-24,26-27H2,1-2H3/b25-22+/t29-,31-,32+,33-,34+/m0/s1. The SMILES string of the molecule is CCCCCCCCCCCC[C@H](O)[C@@H]1CC[C@H]([C@H](O)/C=C/CCCCCCCCCCC2=C[C@H](C)OC2=O)O1. The van der Waals surface area contributed by atoms with Gasteiger partial charge in [-0.2, -0.15) is 0 Å². The first-order chi connectivity index (χ1) is 19.5. The summed E-state index contributed by atoms with van der Waals surface area (Å²) in [5.41, 5.74) is 0.863. The van der Waals surface area contributed by atoms with E-state index in [0.29, 0.717) is 0 Å². The molecule has 40 heavy (non-hydrogen) atoms. The number of unbranched alkanes of at least 4 members (excludes halogenated alkanes) is 17. The van der Waals surface area contributed by atoms with Crippen LogP contribution < -0.4 is 0 Å². The number of hydrogen-bond donors (Lipinski definition) is 2. The number of allylic oxidation sites excluding steroid dienone is 1. The van der Waals surface area contributed by atoms with Gasteiger partial charge in [-0.3, -0.25) is 0 Å². The number of carbonyl (C=O) groups is 1. The molecule has 2 N–H and O–H groups in total. The quantitative estimate of drug-likeness (QED) is 0.0660. The van der Waals surface area contributed by atoms with Gasteiger partial charge in [-0.25, -0.2) is 4.79 Å². The van der Waals surface area contributed by atoms with E-state index in [1.54, 1.807) is 0 Å². The number of aliphatic hydroxyl groups is 2. The maximum absolute atomic E-state index is 11.6. The van der Waals surface area contributed by atoms with Crippen LogP contribution in [0.25, 0.3) is 0 Å². The summed E-state index contributed by atoms with van der Waals surface area (Å²) >= 11 is 0. The Labute approximate surface area is 246 Å². The summed E-state index contributed by atoms with van der Waals surface area (Å²) in [6, 6.07) is 0. The van der Waals surface area contributed by atoms with Crippen LogP contribution in [0, 0.1) is 0 Å². The Morgan fingerprint density at radius 2 is 1.35 bits per heavy atom.